The summed E-state index contributed by atoms with van der Waals surface area (Å²) in [5.41, 5.74) is 17.5. The Kier molecular flexibility index (Phi) is 6.60. The number of benzene rings is 8. The number of fused-ring (bicyclic) bond motifs is 9. The van der Waals surface area contributed by atoms with E-state index in [1.54, 1.807) is 0 Å². The normalized spacial score (nSPS) is 13.1. The maximum atomic E-state index is 6.16. The molecule has 1 N–H and O–H groups in total. The second kappa shape index (κ2) is 11.6. The second-order valence-corrected chi connectivity index (χ2v) is 15.0. The van der Waals surface area contributed by atoms with Crippen molar-refractivity contribution >= 4 is 60.8 Å². The molecule has 10 aromatic rings. The SMILES string of the molecule is CC1(C)c2ccccc2-c2ccc(N(c3ccc(-c4ccccc4)cc3)c3ccc4[nH]c5c(-c6ccc7oc8ccccc8c7c6)cccc5c4c3)cc21. The number of nitrogens with one attached hydrogen (secondary N) is 1. The lowest BCUT2D eigenvalue weighted by Crippen LogP contribution is -2.16. The van der Waals surface area contributed by atoms with Gasteiger partial charge in [-0.05, 0) is 99.6 Å². The van der Waals surface area contributed by atoms with Gasteiger partial charge >= 0.3 is 0 Å². The number of nitrogens with zero attached hydrogens (tertiary/aromatic N) is 1. The smallest absolute Gasteiger partial charge is 0.135 e. The van der Waals surface area contributed by atoms with Gasteiger partial charge in [-0.15, -0.1) is 0 Å². The van der Waals surface area contributed by atoms with Gasteiger partial charge in [0.15, 0.2) is 0 Å². The first kappa shape index (κ1) is 30.8. The third-order valence-corrected chi connectivity index (χ3v) is 11.6. The lowest BCUT2D eigenvalue weighted by Gasteiger charge is -2.28. The molecule has 1 aliphatic rings. The molecular weight excluding hydrogens is 657 g/mol. The van der Waals surface area contributed by atoms with E-state index in [0.29, 0.717) is 0 Å². The minimum absolute atomic E-state index is 0.103. The Morgan fingerprint density at radius 2 is 1.07 bits per heavy atom. The van der Waals surface area contributed by atoms with Crippen LogP contribution in [0.15, 0.2) is 180 Å². The molecule has 0 saturated heterocycles. The highest BCUT2D eigenvalue weighted by Gasteiger charge is 2.35. The number of hydrogen-bond acceptors (Lipinski definition) is 2. The summed E-state index contributed by atoms with van der Waals surface area (Å²) in [6.07, 6.45) is 0. The number of H-pyrrole nitrogens is 1. The number of aromatic amines is 1. The van der Waals surface area contributed by atoms with E-state index in [1.165, 1.54) is 49.7 Å². The van der Waals surface area contributed by atoms with Crippen molar-refractivity contribution in [1.29, 1.82) is 0 Å². The number of para-hydroxylation sites is 2. The van der Waals surface area contributed by atoms with E-state index >= 15 is 0 Å². The van der Waals surface area contributed by atoms with E-state index in [-0.39, 0.29) is 5.41 Å². The van der Waals surface area contributed by atoms with E-state index in [1.807, 2.05) is 12.1 Å². The van der Waals surface area contributed by atoms with Crippen molar-refractivity contribution in [1.82, 2.24) is 4.98 Å². The van der Waals surface area contributed by atoms with Crippen molar-refractivity contribution in [2.75, 3.05) is 4.90 Å². The van der Waals surface area contributed by atoms with Crippen LogP contribution in [0, 0.1) is 0 Å². The number of furan rings is 1. The molecule has 11 rings (SSSR count). The molecule has 8 aromatic carbocycles. The molecule has 2 aromatic heterocycles. The molecule has 256 valence electrons. The van der Waals surface area contributed by atoms with Gasteiger partial charge in [0, 0.05) is 55.1 Å². The molecular formula is C51H36N2O. The number of aromatic nitrogens is 1. The molecule has 0 fully saturated rings. The first-order valence-electron chi connectivity index (χ1n) is 18.7. The van der Waals surface area contributed by atoms with Gasteiger partial charge in [-0.3, -0.25) is 0 Å². The Hall–Kier alpha value is -6.84. The van der Waals surface area contributed by atoms with Gasteiger partial charge in [0.2, 0.25) is 0 Å². The van der Waals surface area contributed by atoms with Gasteiger partial charge in [-0.25, -0.2) is 0 Å². The summed E-state index contributed by atoms with van der Waals surface area (Å²) in [6, 6.07) is 63.7. The highest BCUT2D eigenvalue weighted by Crippen LogP contribution is 2.51. The van der Waals surface area contributed by atoms with Crippen LogP contribution in [0.1, 0.15) is 25.0 Å². The standard InChI is InChI=1S/C51H36N2O/c1-51(2)45-17-8-6-13-39(45)40-26-24-37(31-46(40)51)53(35-22-19-33(20-23-35)32-11-4-3-5-12-32)36-25-27-47-43(30-36)42-16-10-15-38(50(42)52-47)34-21-28-49-44(29-34)41-14-7-9-18-48(41)54-49/h3-31,52H,1-2H3. The number of rotatable bonds is 5. The monoisotopic (exact) mass is 692 g/mol. The van der Waals surface area contributed by atoms with Crippen LogP contribution in [-0.4, -0.2) is 4.98 Å². The van der Waals surface area contributed by atoms with Crippen LogP contribution in [0.5, 0.6) is 0 Å². The zero-order valence-electron chi connectivity index (χ0n) is 30.1. The van der Waals surface area contributed by atoms with Gasteiger partial charge in [0.05, 0.1) is 5.52 Å². The topological polar surface area (TPSA) is 32.2 Å². The molecule has 2 heterocycles. The Morgan fingerprint density at radius 1 is 0.426 bits per heavy atom. The third-order valence-electron chi connectivity index (χ3n) is 11.6. The molecule has 54 heavy (non-hydrogen) atoms. The average Bonchev–Trinajstić information content (AvgIpc) is 3.86. The summed E-state index contributed by atoms with van der Waals surface area (Å²) in [5.74, 6) is 0. The van der Waals surface area contributed by atoms with Crippen LogP contribution in [0.3, 0.4) is 0 Å². The van der Waals surface area contributed by atoms with E-state index < -0.39 is 0 Å². The van der Waals surface area contributed by atoms with E-state index in [2.05, 4.69) is 188 Å². The molecule has 0 unspecified atom stereocenters. The van der Waals surface area contributed by atoms with Gasteiger partial charge in [-0.2, -0.15) is 0 Å². The number of hydrogen-bond donors (Lipinski definition) is 1. The van der Waals surface area contributed by atoms with Crippen molar-refractivity contribution in [3.8, 4) is 33.4 Å². The Morgan fingerprint density at radius 3 is 1.96 bits per heavy atom. The van der Waals surface area contributed by atoms with Crippen molar-refractivity contribution in [3.63, 3.8) is 0 Å². The largest absolute Gasteiger partial charge is 0.456 e. The maximum Gasteiger partial charge on any atom is 0.135 e. The average molecular weight is 693 g/mol. The van der Waals surface area contributed by atoms with Crippen molar-refractivity contribution < 1.29 is 4.42 Å². The van der Waals surface area contributed by atoms with Crippen molar-refractivity contribution in [2.45, 2.75) is 19.3 Å². The fraction of sp³-hybridized carbons (Fsp3) is 0.0588. The quantitative estimate of drug-likeness (QED) is 0.195. The van der Waals surface area contributed by atoms with Crippen LogP contribution in [-0.2, 0) is 5.41 Å². The zero-order chi connectivity index (χ0) is 36.0. The third kappa shape index (κ3) is 4.61. The molecule has 3 nitrogen and oxygen atoms in total. The summed E-state index contributed by atoms with van der Waals surface area (Å²) >= 11 is 0. The molecule has 0 bridgehead atoms. The summed E-state index contributed by atoms with van der Waals surface area (Å²) in [5, 5.41) is 4.66. The predicted octanol–water partition coefficient (Wildman–Crippen LogP) is 14.3. The lowest BCUT2D eigenvalue weighted by molar-refractivity contribution is 0.660. The van der Waals surface area contributed by atoms with Gasteiger partial charge < -0.3 is 14.3 Å². The van der Waals surface area contributed by atoms with E-state index in [4.69, 9.17) is 4.42 Å². The summed E-state index contributed by atoms with van der Waals surface area (Å²) < 4.78 is 6.16. The number of anilines is 3. The minimum atomic E-state index is -0.103. The maximum absolute atomic E-state index is 6.16. The molecule has 0 saturated carbocycles. The van der Waals surface area contributed by atoms with Gasteiger partial charge in [0.25, 0.3) is 0 Å². The minimum Gasteiger partial charge on any atom is -0.456 e. The molecule has 0 radical (unpaired) electrons. The van der Waals surface area contributed by atoms with E-state index in [9.17, 15) is 0 Å². The fourth-order valence-corrected chi connectivity index (χ4v) is 8.90. The Bertz CT molecular complexity index is 3070. The van der Waals surface area contributed by atoms with Crippen molar-refractivity contribution in [3.05, 3.63) is 187 Å². The molecule has 0 atom stereocenters. The van der Waals surface area contributed by atoms with Gasteiger partial charge in [0.1, 0.15) is 11.2 Å². The van der Waals surface area contributed by atoms with Gasteiger partial charge in [-0.1, -0.05) is 129 Å². The first-order valence-corrected chi connectivity index (χ1v) is 18.7. The molecule has 0 aliphatic heterocycles. The molecule has 0 amide bonds. The highest BCUT2D eigenvalue weighted by atomic mass is 16.3. The van der Waals surface area contributed by atoms with Crippen LogP contribution in [0.2, 0.25) is 0 Å². The van der Waals surface area contributed by atoms with Crippen LogP contribution < -0.4 is 4.90 Å². The predicted molar refractivity (Wildman–Crippen MR) is 226 cm³/mol. The molecule has 0 spiro atoms. The second-order valence-electron chi connectivity index (χ2n) is 15.0. The summed E-state index contributed by atoms with van der Waals surface area (Å²) in [6.45, 7) is 4.70. The molecule has 1 aliphatic carbocycles. The zero-order valence-corrected chi connectivity index (χ0v) is 30.1. The fourth-order valence-electron chi connectivity index (χ4n) is 8.90. The highest BCUT2D eigenvalue weighted by molar-refractivity contribution is 6.14. The Balaban J connectivity index is 1.07. The van der Waals surface area contributed by atoms with Crippen LogP contribution >= 0.6 is 0 Å². The first-order chi connectivity index (χ1) is 26.5. The summed E-state index contributed by atoms with van der Waals surface area (Å²) in [7, 11) is 0. The van der Waals surface area contributed by atoms with Crippen LogP contribution in [0.4, 0.5) is 17.1 Å². The van der Waals surface area contributed by atoms with E-state index in [0.717, 1.165) is 55.6 Å². The van der Waals surface area contributed by atoms with Crippen molar-refractivity contribution in [2.24, 2.45) is 0 Å². The van der Waals surface area contributed by atoms with Crippen LogP contribution in [0.25, 0.3) is 77.1 Å². The lowest BCUT2D eigenvalue weighted by atomic mass is 9.82. The Labute approximate surface area is 313 Å². The molecule has 3 heteroatoms. The summed E-state index contributed by atoms with van der Waals surface area (Å²) in [4.78, 5) is 6.22.